The first-order chi connectivity index (χ1) is 8.44. The van der Waals surface area contributed by atoms with Gasteiger partial charge in [-0.25, -0.2) is 8.42 Å². The molecule has 0 aromatic heterocycles. The second-order valence-corrected chi connectivity index (χ2v) is 7.33. The Hall–Kier alpha value is -0.910. The Morgan fingerprint density at radius 3 is 2.28 bits per heavy atom. The molecule has 0 radical (unpaired) electrons. The highest BCUT2D eigenvalue weighted by Crippen LogP contribution is 2.28. The van der Waals surface area contributed by atoms with Crippen LogP contribution in [0.25, 0.3) is 0 Å². The van der Waals surface area contributed by atoms with Gasteiger partial charge in [0.25, 0.3) is 0 Å². The largest absolute Gasteiger partial charge is 0.389 e. The van der Waals surface area contributed by atoms with Crippen LogP contribution in [0.3, 0.4) is 0 Å². The van der Waals surface area contributed by atoms with Crippen LogP contribution in [-0.2, 0) is 22.8 Å². The van der Waals surface area contributed by atoms with Gasteiger partial charge in [-0.2, -0.15) is 0 Å². The summed E-state index contributed by atoms with van der Waals surface area (Å²) in [5, 5.41) is 10.5. The lowest BCUT2D eigenvalue weighted by atomic mass is 9.87. The van der Waals surface area contributed by atoms with E-state index in [0.29, 0.717) is 25.8 Å². The van der Waals surface area contributed by atoms with E-state index >= 15 is 0 Å². The van der Waals surface area contributed by atoms with Crippen LogP contribution >= 0.6 is 0 Å². The van der Waals surface area contributed by atoms with Gasteiger partial charge in [0, 0.05) is 13.0 Å². The molecule has 4 nitrogen and oxygen atoms in total. The van der Waals surface area contributed by atoms with Crippen molar-refractivity contribution >= 4 is 9.84 Å². The molecule has 1 aliphatic heterocycles. The first-order valence-electron chi connectivity index (χ1n) is 6.14. The maximum atomic E-state index is 11.4. The number of rotatable bonds is 3. The molecule has 0 unspecified atom stereocenters. The SMILES string of the molecule is NCc1ccccc1CC1(O)CCS(=O)(=O)CC1. The van der Waals surface area contributed by atoms with Crippen molar-refractivity contribution in [1.29, 1.82) is 0 Å². The monoisotopic (exact) mass is 269 g/mol. The van der Waals surface area contributed by atoms with Crippen molar-refractivity contribution in [2.24, 2.45) is 5.73 Å². The van der Waals surface area contributed by atoms with Gasteiger partial charge in [-0.3, -0.25) is 0 Å². The number of hydrogen-bond acceptors (Lipinski definition) is 4. The summed E-state index contributed by atoms with van der Waals surface area (Å²) in [7, 11) is -2.95. The van der Waals surface area contributed by atoms with Crippen molar-refractivity contribution < 1.29 is 13.5 Å². The zero-order chi connectivity index (χ0) is 13.2. The molecule has 3 N–H and O–H groups in total. The van der Waals surface area contributed by atoms with Gasteiger partial charge in [0.2, 0.25) is 0 Å². The van der Waals surface area contributed by atoms with Gasteiger partial charge in [-0.1, -0.05) is 24.3 Å². The van der Waals surface area contributed by atoms with Crippen LogP contribution in [0.15, 0.2) is 24.3 Å². The predicted octanol–water partition coefficient (Wildman–Crippen LogP) is 0.627. The highest BCUT2D eigenvalue weighted by atomic mass is 32.2. The number of hydrogen-bond donors (Lipinski definition) is 2. The van der Waals surface area contributed by atoms with Gasteiger partial charge in [0.15, 0.2) is 9.84 Å². The fraction of sp³-hybridized carbons (Fsp3) is 0.538. The average Bonchev–Trinajstić information content (AvgIpc) is 2.34. The molecule has 1 aromatic rings. The van der Waals surface area contributed by atoms with E-state index in [0.717, 1.165) is 11.1 Å². The van der Waals surface area contributed by atoms with E-state index in [2.05, 4.69) is 0 Å². The molecule has 18 heavy (non-hydrogen) atoms. The second-order valence-electron chi connectivity index (χ2n) is 5.03. The predicted molar refractivity (Wildman–Crippen MR) is 70.9 cm³/mol. The first kappa shape index (κ1) is 13.5. The fourth-order valence-electron chi connectivity index (χ4n) is 2.38. The van der Waals surface area contributed by atoms with Crippen molar-refractivity contribution in [1.82, 2.24) is 0 Å². The molecule has 0 aliphatic carbocycles. The van der Waals surface area contributed by atoms with E-state index < -0.39 is 15.4 Å². The Morgan fingerprint density at radius 2 is 1.72 bits per heavy atom. The molecule has 100 valence electrons. The van der Waals surface area contributed by atoms with Crippen LogP contribution in [-0.4, -0.2) is 30.6 Å². The van der Waals surface area contributed by atoms with Crippen molar-refractivity contribution in [3.63, 3.8) is 0 Å². The van der Waals surface area contributed by atoms with Gasteiger partial charge in [0.1, 0.15) is 0 Å². The van der Waals surface area contributed by atoms with Crippen molar-refractivity contribution in [3.8, 4) is 0 Å². The summed E-state index contributed by atoms with van der Waals surface area (Å²) in [5.41, 5.74) is 6.79. The van der Waals surface area contributed by atoms with Crippen LogP contribution in [0.5, 0.6) is 0 Å². The minimum Gasteiger partial charge on any atom is -0.389 e. The molecule has 0 atom stereocenters. The molecule has 0 bridgehead atoms. The fourth-order valence-corrected chi connectivity index (χ4v) is 3.96. The standard InChI is InChI=1S/C13H19NO3S/c14-10-12-4-2-1-3-11(12)9-13(15)5-7-18(16,17)8-6-13/h1-4,15H,5-10,14H2. The molecule has 0 spiro atoms. The van der Waals surface area contributed by atoms with Crippen molar-refractivity contribution in [3.05, 3.63) is 35.4 Å². The molecular formula is C13H19NO3S. The van der Waals surface area contributed by atoms with E-state index in [1.165, 1.54) is 0 Å². The lowest BCUT2D eigenvalue weighted by molar-refractivity contribution is 0.0305. The van der Waals surface area contributed by atoms with E-state index in [1.54, 1.807) is 0 Å². The molecule has 2 rings (SSSR count). The highest BCUT2D eigenvalue weighted by Gasteiger charge is 2.35. The Balaban J connectivity index is 2.14. The molecule has 0 amide bonds. The summed E-state index contributed by atoms with van der Waals surface area (Å²) in [5.74, 6) is 0.155. The van der Waals surface area contributed by atoms with Crippen LogP contribution in [0, 0.1) is 0 Å². The van der Waals surface area contributed by atoms with Crippen LogP contribution < -0.4 is 5.73 Å². The van der Waals surface area contributed by atoms with Crippen LogP contribution in [0.1, 0.15) is 24.0 Å². The van der Waals surface area contributed by atoms with Gasteiger partial charge < -0.3 is 10.8 Å². The minimum atomic E-state index is -2.95. The summed E-state index contributed by atoms with van der Waals surface area (Å²) in [6.45, 7) is 0.435. The normalized spacial score (nSPS) is 21.7. The van der Waals surface area contributed by atoms with Crippen molar-refractivity contribution in [2.45, 2.75) is 31.4 Å². The zero-order valence-corrected chi connectivity index (χ0v) is 11.1. The topological polar surface area (TPSA) is 80.4 Å². The molecule has 5 heteroatoms. The van der Waals surface area contributed by atoms with E-state index in [-0.39, 0.29) is 11.5 Å². The molecule has 1 aliphatic rings. The summed E-state index contributed by atoms with van der Waals surface area (Å²) < 4.78 is 22.8. The van der Waals surface area contributed by atoms with Crippen LogP contribution in [0.2, 0.25) is 0 Å². The molecule has 1 aromatic carbocycles. The third kappa shape index (κ3) is 3.10. The Morgan fingerprint density at radius 1 is 1.17 bits per heavy atom. The number of sulfone groups is 1. The lowest BCUT2D eigenvalue weighted by Crippen LogP contribution is -2.41. The number of nitrogens with two attached hydrogens (primary N) is 1. The van der Waals surface area contributed by atoms with Gasteiger partial charge in [-0.05, 0) is 24.0 Å². The number of aliphatic hydroxyl groups is 1. The Bertz CT molecular complexity index is 511. The third-order valence-electron chi connectivity index (χ3n) is 3.61. The molecule has 1 saturated heterocycles. The summed E-state index contributed by atoms with van der Waals surface area (Å²) >= 11 is 0. The summed E-state index contributed by atoms with van der Waals surface area (Å²) in [6, 6.07) is 7.72. The zero-order valence-electron chi connectivity index (χ0n) is 10.3. The quantitative estimate of drug-likeness (QED) is 0.843. The summed E-state index contributed by atoms with van der Waals surface area (Å²) in [6.07, 6.45) is 1.11. The van der Waals surface area contributed by atoms with E-state index in [9.17, 15) is 13.5 Å². The molecule has 1 fully saturated rings. The smallest absolute Gasteiger partial charge is 0.150 e. The maximum absolute atomic E-state index is 11.4. The van der Waals surface area contributed by atoms with Crippen LogP contribution in [0.4, 0.5) is 0 Å². The van der Waals surface area contributed by atoms with Gasteiger partial charge in [-0.15, -0.1) is 0 Å². The second kappa shape index (κ2) is 4.99. The lowest BCUT2D eigenvalue weighted by Gasteiger charge is -2.32. The Labute approximate surface area is 108 Å². The van der Waals surface area contributed by atoms with E-state index in [1.807, 2.05) is 24.3 Å². The van der Waals surface area contributed by atoms with Gasteiger partial charge >= 0.3 is 0 Å². The average molecular weight is 269 g/mol. The maximum Gasteiger partial charge on any atom is 0.150 e. The van der Waals surface area contributed by atoms with E-state index in [4.69, 9.17) is 5.73 Å². The summed E-state index contributed by atoms with van der Waals surface area (Å²) in [4.78, 5) is 0. The first-order valence-corrected chi connectivity index (χ1v) is 7.96. The molecular weight excluding hydrogens is 250 g/mol. The molecule has 1 heterocycles. The Kier molecular flexibility index (Phi) is 3.75. The minimum absolute atomic E-state index is 0.0777. The third-order valence-corrected chi connectivity index (χ3v) is 5.27. The number of benzene rings is 1. The van der Waals surface area contributed by atoms with Gasteiger partial charge in [0.05, 0.1) is 17.1 Å². The highest BCUT2D eigenvalue weighted by molar-refractivity contribution is 7.91. The van der Waals surface area contributed by atoms with Crippen molar-refractivity contribution in [2.75, 3.05) is 11.5 Å². The molecule has 0 saturated carbocycles.